The van der Waals surface area contributed by atoms with Crippen LogP contribution in [0.5, 0.6) is 0 Å². The summed E-state index contributed by atoms with van der Waals surface area (Å²) in [5.74, 6) is -0.200. The summed E-state index contributed by atoms with van der Waals surface area (Å²) < 4.78 is 0. The van der Waals surface area contributed by atoms with Gasteiger partial charge in [-0.1, -0.05) is 19.9 Å². The Bertz CT molecular complexity index is 638. The van der Waals surface area contributed by atoms with E-state index in [4.69, 9.17) is 5.73 Å². The lowest BCUT2D eigenvalue weighted by atomic mass is 9.79. The average molecular weight is 330 g/mol. The van der Waals surface area contributed by atoms with Crippen LogP contribution in [-0.2, 0) is 0 Å². The Morgan fingerprint density at radius 1 is 1.08 bits per heavy atom. The Labute approximate surface area is 143 Å². The maximum Gasteiger partial charge on any atom is 0.272 e. The molecule has 2 saturated heterocycles. The summed E-state index contributed by atoms with van der Waals surface area (Å²) in [7, 11) is 0. The molecule has 1 atom stereocenters. The largest absolute Gasteiger partial charge is 0.337 e. The summed E-state index contributed by atoms with van der Waals surface area (Å²) in [6, 6.07) is 5.21. The molecule has 2 N–H and O–H groups in total. The molecular formula is C18H26N4O2. The van der Waals surface area contributed by atoms with Gasteiger partial charge >= 0.3 is 0 Å². The SMILES string of the molecule is CC1(C)CN(C(=O)c2cccc(C(=O)N3CCCC3)n2)CCC1N. The van der Waals surface area contributed by atoms with E-state index in [0.717, 1.165) is 32.4 Å². The topological polar surface area (TPSA) is 79.5 Å². The molecule has 1 unspecified atom stereocenters. The number of hydrogen-bond donors (Lipinski definition) is 1. The highest BCUT2D eigenvalue weighted by atomic mass is 16.2. The number of likely N-dealkylation sites (tertiary alicyclic amines) is 2. The Hall–Kier alpha value is -1.95. The molecular weight excluding hydrogens is 304 g/mol. The Balaban J connectivity index is 1.76. The highest BCUT2D eigenvalue weighted by molar-refractivity contribution is 5.96. The Kier molecular flexibility index (Phi) is 4.58. The van der Waals surface area contributed by atoms with Crippen LogP contribution in [0, 0.1) is 5.41 Å². The van der Waals surface area contributed by atoms with E-state index in [1.807, 2.05) is 0 Å². The molecule has 0 radical (unpaired) electrons. The second kappa shape index (κ2) is 6.51. The van der Waals surface area contributed by atoms with Gasteiger partial charge in [0.1, 0.15) is 11.4 Å². The highest BCUT2D eigenvalue weighted by Crippen LogP contribution is 2.28. The molecule has 0 saturated carbocycles. The van der Waals surface area contributed by atoms with Crippen molar-refractivity contribution < 1.29 is 9.59 Å². The van der Waals surface area contributed by atoms with Crippen molar-refractivity contribution in [1.29, 1.82) is 0 Å². The van der Waals surface area contributed by atoms with Crippen molar-refractivity contribution in [3.63, 3.8) is 0 Å². The second-order valence-corrected chi connectivity index (χ2v) is 7.52. The Morgan fingerprint density at radius 3 is 2.25 bits per heavy atom. The first-order valence-corrected chi connectivity index (χ1v) is 8.70. The molecule has 0 bridgehead atoms. The molecule has 3 rings (SSSR count). The zero-order valence-electron chi connectivity index (χ0n) is 14.5. The lowest BCUT2D eigenvalue weighted by Crippen LogP contribution is -2.54. The van der Waals surface area contributed by atoms with E-state index < -0.39 is 0 Å². The van der Waals surface area contributed by atoms with Crippen molar-refractivity contribution in [2.45, 2.75) is 39.2 Å². The fraction of sp³-hybridized carbons (Fsp3) is 0.611. The maximum atomic E-state index is 12.8. The van der Waals surface area contributed by atoms with E-state index in [9.17, 15) is 9.59 Å². The molecule has 0 aliphatic carbocycles. The van der Waals surface area contributed by atoms with Crippen molar-refractivity contribution >= 4 is 11.8 Å². The van der Waals surface area contributed by atoms with Crippen LogP contribution < -0.4 is 5.73 Å². The van der Waals surface area contributed by atoms with Crippen molar-refractivity contribution in [2.75, 3.05) is 26.2 Å². The zero-order valence-corrected chi connectivity index (χ0v) is 14.5. The number of piperidine rings is 1. The quantitative estimate of drug-likeness (QED) is 0.891. The van der Waals surface area contributed by atoms with E-state index in [0.29, 0.717) is 24.5 Å². The predicted octanol–water partition coefficient (Wildman–Crippen LogP) is 1.52. The smallest absolute Gasteiger partial charge is 0.272 e. The first-order chi connectivity index (χ1) is 11.4. The summed E-state index contributed by atoms with van der Waals surface area (Å²) >= 11 is 0. The Morgan fingerprint density at radius 2 is 1.67 bits per heavy atom. The second-order valence-electron chi connectivity index (χ2n) is 7.52. The number of pyridine rings is 1. The number of nitrogens with zero attached hydrogens (tertiary/aromatic N) is 3. The standard InChI is InChI=1S/C18H26N4O2/c1-18(2)12-22(11-8-15(18)19)17(24)14-7-5-6-13(20-14)16(23)21-9-3-4-10-21/h5-7,15H,3-4,8-12,19H2,1-2H3. The van der Waals surface area contributed by atoms with Crippen molar-refractivity contribution in [2.24, 2.45) is 11.1 Å². The van der Waals surface area contributed by atoms with Crippen LogP contribution in [0.3, 0.4) is 0 Å². The number of amides is 2. The molecule has 2 aliphatic rings. The summed E-state index contributed by atoms with van der Waals surface area (Å²) in [4.78, 5) is 33.2. The molecule has 130 valence electrons. The number of rotatable bonds is 2. The van der Waals surface area contributed by atoms with Crippen LogP contribution in [0.25, 0.3) is 0 Å². The molecule has 2 aliphatic heterocycles. The van der Waals surface area contributed by atoms with E-state index in [1.165, 1.54) is 0 Å². The normalized spacial score (nSPS) is 23.4. The first-order valence-electron chi connectivity index (χ1n) is 8.70. The van der Waals surface area contributed by atoms with Gasteiger partial charge in [0.2, 0.25) is 0 Å². The van der Waals surface area contributed by atoms with Gasteiger partial charge in [0.25, 0.3) is 11.8 Å². The summed E-state index contributed by atoms with van der Waals surface area (Å²) in [5, 5.41) is 0. The molecule has 0 spiro atoms. The third-order valence-electron chi connectivity index (χ3n) is 5.18. The van der Waals surface area contributed by atoms with Crippen LogP contribution in [0.15, 0.2) is 18.2 Å². The van der Waals surface area contributed by atoms with E-state index in [2.05, 4.69) is 18.8 Å². The maximum absolute atomic E-state index is 12.8. The van der Waals surface area contributed by atoms with Crippen LogP contribution >= 0.6 is 0 Å². The predicted molar refractivity (Wildman–Crippen MR) is 91.7 cm³/mol. The number of carbonyl (C=O) groups is 2. The van der Waals surface area contributed by atoms with Crippen LogP contribution in [0.1, 0.15) is 54.1 Å². The zero-order chi connectivity index (χ0) is 17.3. The fourth-order valence-electron chi connectivity index (χ4n) is 3.46. The number of aromatic nitrogens is 1. The molecule has 2 fully saturated rings. The van der Waals surface area contributed by atoms with Gasteiger partial charge in [0, 0.05) is 32.2 Å². The third-order valence-corrected chi connectivity index (χ3v) is 5.18. The van der Waals surface area contributed by atoms with E-state index >= 15 is 0 Å². The van der Waals surface area contributed by atoms with Gasteiger partial charge in [-0.3, -0.25) is 9.59 Å². The van der Waals surface area contributed by atoms with E-state index in [-0.39, 0.29) is 23.3 Å². The number of carbonyl (C=O) groups excluding carboxylic acids is 2. The van der Waals surface area contributed by atoms with E-state index in [1.54, 1.807) is 28.0 Å². The van der Waals surface area contributed by atoms with Gasteiger partial charge < -0.3 is 15.5 Å². The monoisotopic (exact) mass is 330 g/mol. The number of nitrogens with two attached hydrogens (primary N) is 1. The first kappa shape index (κ1) is 16.9. The van der Waals surface area contributed by atoms with Crippen molar-refractivity contribution in [3.8, 4) is 0 Å². The molecule has 0 aromatic carbocycles. The molecule has 6 nitrogen and oxygen atoms in total. The number of hydrogen-bond acceptors (Lipinski definition) is 4. The molecule has 2 amide bonds. The summed E-state index contributed by atoms with van der Waals surface area (Å²) in [6.45, 7) is 6.96. The summed E-state index contributed by atoms with van der Waals surface area (Å²) in [5.41, 5.74) is 6.73. The lowest BCUT2D eigenvalue weighted by molar-refractivity contribution is 0.0527. The van der Waals surface area contributed by atoms with Crippen LogP contribution in [-0.4, -0.2) is 58.8 Å². The summed E-state index contributed by atoms with van der Waals surface area (Å²) in [6.07, 6.45) is 2.85. The minimum Gasteiger partial charge on any atom is -0.337 e. The molecule has 1 aromatic heterocycles. The van der Waals surface area contributed by atoms with Crippen molar-refractivity contribution in [1.82, 2.24) is 14.8 Å². The lowest BCUT2D eigenvalue weighted by Gasteiger charge is -2.42. The van der Waals surface area contributed by atoms with Gasteiger partial charge in [-0.25, -0.2) is 4.98 Å². The van der Waals surface area contributed by atoms with Crippen LogP contribution in [0.2, 0.25) is 0 Å². The minimum absolute atomic E-state index is 0.0804. The van der Waals surface area contributed by atoms with Gasteiger partial charge in [-0.05, 0) is 36.8 Å². The highest BCUT2D eigenvalue weighted by Gasteiger charge is 2.36. The van der Waals surface area contributed by atoms with Gasteiger partial charge in [-0.15, -0.1) is 0 Å². The van der Waals surface area contributed by atoms with Gasteiger partial charge in [-0.2, -0.15) is 0 Å². The molecule has 3 heterocycles. The average Bonchev–Trinajstić information content (AvgIpc) is 3.10. The van der Waals surface area contributed by atoms with Crippen molar-refractivity contribution in [3.05, 3.63) is 29.6 Å². The fourth-order valence-corrected chi connectivity index (χ4v) is 3.46. The van der Waals surface area contributed by atoms with Gasteiger partial charge in [0.05, 0.1) is 0 Å². The van der Waals surface area contributed by atoms with Crippen LogP contribution in [0.4, 0.5) is 0 Å². The molecule has 24 heavy (non-hydrogen) atoms. The minimum atomic E-state index is -0.119. The third kappa shape index (κ3) is 3.29. The molecule has 1 aromatic rings. The molecule has 6 heteroatoms. The van der Waals surface area contributed by atoms with Gasteiger partial charge in [0.15, 0.2) is 0 Å².